The topological polar surface area (TPSA) is 42.4 Å². The number of furan rings is 1. The summed E-state index contributed by atoms with van der Waals surface area (Å²) in [5.41, 5.74) is 8.55. The molecule has 1 heterocycles. The SMILES string of the molecule is CC(N)c1ccccc1N(Cc1ccco1)C1CC1. The minimum Gasteiger partial charge on any atom is -0.467 e. The van der Waals surface area contributed by atoms with Gasteiger partial charge in [-0.3, -0.25) is 0 Å². The third kappa shape index (κ3) is 2.66. The monoisotopic (exact) mass is 256 g/mol. The Morgan fingerprint density at radius 3 is 2.68 bits per heavy atom. The lowest BCUT2D eigenvalue weighted by Crippen LogP contribution is -2.27. The van der Waals surface area contributed by atoms with E-state index in [2.05, 4.69) is 29.2 Å². The van der Waals surface area contributed by atoms with E-state index < -0.39 is 0 Å². The van der Waals surface area contributed by atoms with Crippen LogP contribution < -0.4 is 10.6 Å². The summed E-state index contributed by atoms with van der Waals surface area (Å²) in [5.74, 6) is 1.01. The van der Waals surface area contributed by atoms with Gasteiger partial charge in [0.15, 0.2) is 0 Å². The van der Waals surface area contributed by atoms with Crippen molar-refractivity contribution in [1.82, 2.24) is 0 Å². The molecular weight excluding hydrogens is 236 g/mol. The first kappa shape index (κ1) is 12.3. The van der Waals surface area contributed by atoms with Gasteiger partial charge in [0.2, 0.25) is 0 Å². The molecule has 0 aliphatic heterocycles. The van der Waals surface area contributed by atoms with Crippen molar-refractivity contribution in [1.29, 1.82) is 0 Å². The standard InChI is InChI=1S/C16H20N2O/c1-12(17)15-6-2-3-7-16(15)18(13-8-9-13)11-14-5-4-10-19-14/h2-7,10,12-13H,8-9,11,17H2,1H3. The third-order valence-corrected chi connectivity index (χ3v) is 3.63. The van der Waals surface area contributed by atoms with Gasteiger partial charge in [-0.1, -0.05) is 18.2 Å². The van der Waals surface area contributed by atoms with Gasteiger partial charge in [-0.2, -0.15) is 0 Å². The minimum absolute atomic E-state index is 0.0500. The summed E-state index contributed by atoms with van der Waals surface area (Å²) < 4.78 is 5.49. The van der Waals surface area contributed by atoms with Crippen LogP contribution in [-0.4, -0.2) is 6.04 Å². The highest BCUT2D eigenvalue weighted by molar-refractivity contribution is 5.56. The van der Waals surface area contributed by atoms with E-state index in [1.165, 1.54) is 24.1 Å². The average molecular weight is 256 g/mol. The van der Waals surface area contributed by atoms with Crippen LogP contribution in [0.15, 0.2) is 47.1 Å². The fraction of sp³-hybridized carbons (Fsp3) is 0.375. The van der Waals surface area contributed by atoms with Gasteiger partial charge in [0.25, 0.3) is 0 Å². The van der Waals surface area contributed by atoms with Crippen LogP contribution in [0.3, 0.4) is 0 Å². The second-order valence-electron chi connectivity index (χ2n) is 5.29. The Labute approximate surface area is 114 Å². The molecule has 3 heteroatoms. The minimum atomic E-state index is 0.0500. The smallest absolute Gasteiger partial charge is 0.123 e. The molecule has 0 spiro atoms. The van der Waals surface area contributed by atoms with Gasteiger partial charge in [-0.25, -0.2) is 0 Å². The summed E-state index contributed by atoms with van der Waals surface area (Å²) in [4.78, 5) is 2.43. The molecule has 19 heavy (non-hydrogen) atoms. The first-order chi connectivity index (χ1) is 9.25. The van der Waals surface area contributed by atoms with Crippen LogP contribution in [0.25, 0.3) is 0 Å². The third-order valence-electron chi connectivity index (χ3n) is 3.63. The highest BCUT2D eigenvalue weighted by atomic mass is 16.3. The quantitative estimate of drug-likeness (QED) is 0.890. The van der Waals surface area contributed by atoms with Crippen molar-refractivity contribution in [2.75, 3.05) is 4.90 Å². The molecular formula is C16H20N2O. The fourth-order valence-corrected chi connectivity index (χ4v) is 2.50. The maximum Gasteiger partial charge on any atom is 0.123 e. The number of rotatable bonds is 5. The summed E-state index contributed by atoms with van der Waals surface area (Å²) in [5, 5.41) is 0. The zero-order valence-electron chi connectivity index (χ0n) is 11.3. The molecule has 100 valence electrons. The van der Waals surface area contributed by atoms with E-state index in [1.54, 1.807) is 6.26 Å². The van der Waals surface area contributed by atoms with E-state index >= 15 is 0 Å². The second kappa shape index (κ2) is 5.10. The maximum atomic E-state index is 6.10. The number of hydrogen-bond donors (Lipinski definition) is 1. The van der Waals surface area contributed by atoms with Crippen molar-refractivity contribution < 1.29 is 4.42 Å². The summed E-state index contributed by atoms with van der Waals surface area (Å²) >= 11 is 0. The molecule has 1 aromatic heterocycles. The highest BCUT2D eigenvalue weighted by Crippen LogP contribution is 2.36. The predicted octanol–water partition coefficient (Wildman–Crippen LogP) is 3.47. The molecule has 1 saturated carbocycles. The van der Waals surface area contributed by atoms with Gasteiger partial charge in [-0.05, 0) is 43.5 Å². The molecule has 1 aromatic carbocycles. The lowest BCUT2D eigenvalue weighted by molar-refractivity contribution is 0.500. The molecule has 3 rings (SSSR count). The summed E-state index contributed by atoms with van der Waals surface area (Å²) in [6.45, 7) is 2.86. The van der Waals surface area contributed by atoms with Gasteiger partial charge in [0, 0.05) is 17.8 Å². The molecule has 1 fully saturated rings. The highest BCUT2D eigenvalue weighted by Gasteiger charge is 2.31. The van der Waals surface area contributed by atoms with Crippen molar-refractivity contribution in [3.05, 3.63) is 54.0 Å². The van der Waals surface area contributed by atoms with E-state index in [0.29, 0.717) is 6.04 Å². The first-order valence-electron chi connectivity index (χ1n) is 6.89. The Morgan fingerprint density at radius 1 is 1.26 bits per heavy atom. The average Bonchev–Trinajstić information content (AvgIpc) is 3.13. The summed E-state index contributed by atoms with van der Waals surface area (Å²) in [6, 6.07) is 13.1. The Hall–Kier alpha value is -1.74. The molecule has 2 aromatic rings. The summed E-state index contributed by atoms with van der Waals surface area (Å²) in [7, 11) is 0. The lowest BCUT2D eigenvalue weighted by Gasteiger charge is -2.27. The van der Waals surface area contributed by atoms with E-state index in [1.807, 2.05) is 19.1 Å². The van der Waals surface area contributed by atoms with E-state index in [4.69, 9.17) is 10.2 Å². The number of para-hydroxylation sites is 1. The molecule has 0 saturated heterocycles. The fourth-order valence-electron chi connectivity index (χ4n) is 2.50. The number of benzene rings is 1. The van der Waals surface area contributed by atoms with Crippen LogP contribution >= 0.6 is 0 Å². The van der Waals surface area contributed by atoms with E-state index in [9.17, 15) is 0 Å². The van der Waals surface area contributed by atoms with Gasteiger partial charge in [-0.15, -0.1) is 0 Å². The predicted molar refractivity (Wildman–Crippen MR) is 77.0 cm³/mol. The lowest BCUT2D eigenvalue weighted by atomic mass is 10.1. The number of hydrogen-bond acceptors (Lipinski definition) is 3. The number of nitrogens with zero attached hydrogens (tertiary/aromatic N) is 1. The molecule has 3 nitrogen and oxygen atoms in total. The van der Waals surface area contributed by atoms with Crippen LogP contribution in [0, 0.1) is 0 Å². The zero-order valence-corrected chi connectivity index (χ0v) is 11.3. The van der Waals surface area contributed by atoms with Gasteiger partial charge < -0.3 is 15.1 Å². The van der Waals surface area contributed by atoms with Crippen LogP contribution in [-0.2, 0) is 6.54 Å². The molecule has 1 unspecified atom stereocenters. The Kier molecular flexibility index (Phi) is 3.30. The van der Waals surface area contributed by atoms with Crippen molar-refractivity contribution >= 4 is 5.69 Å². The molecule has 1 aliphatic rings. The van der Waals surface area contributed by atoms with Crippen molar-refractivity contribution in [3.63, 3.8) is 0 Å². The van der Waals surface area contributed by atoms with Crippen LogP contribution in [0.2, 0.25) is 0 Å². The zero-order chi connectivity index (χ0) is 13.2. The van der Waals surface area contributed by atoms with Crippen molar-refractivity contribution in [2.24, 2.45) is 5.73 Å². The largest absolute Gasteiger partial charge is 0.467 e. The normalized spacial score (nSPS) is 16.3. The van der Waals surface area contributed by atoms with Crippen LogP contribution in [0.4, 0.5) is 5.69 Å². The van der Waals surface area contributed by atoms with E-state index in [0.717, 1.165) is 12.3 Å². The van der Waals surface area contributed by atoms with Gasteiger partial charge in [0.05, 0.1) is 12.8 Å². The number of anilines is 1. The van der Waals surface area contributed by atoms with Gasteiger partial charge >= 0.3 is 0 Å². The molecule has 1 atom stereocenters. The molecule has 0 bridgehead atoms. The molecule has 0 amide bonds. The van der Waals surface area contributed by atoms with Crippen molar-refractivity contribution in [2.45, 2.75) is 38.4 Å². The van der Waals surface area contributed by atoms with Crippen molar-refractivity contribution in [3.8, 4) is 0 Å². The summed E-state index contributed by atoms with van der Waals surface area (Å²) in [6.07, 6.45) is 4.25. The van der Waals surface area contributed by atoms with Crippen LogP contribution in [0.1, 0.15) is 37.1 Å². The first-order valence-corrected chi connectivity index (χ1v) is 6.89. The Balaban J connectivity index is 1.92. The van der Waals surface area contributed by atoms with Gasteiger partial charge in [0.1, 0.15) is 5.76 Å². The van der Waals surface area contributed by atoms with E-state index in [-0.39, 0.29) is 6.04 Å². The Bertz CT molecular complexity index is 529. The molecule has 0 radical (unpaired) electrons. The molecule has 1 aliphatic carbocycles. The van der Waals surface area contributed by atoms with Crippen LogP contribution in [0.5, 0.6) is 0 Å². The maximum absolute atomic E-state index is 6.10. The Morgan fingerprint density at radius 2 is 2.05 bits per heavy atom. The number of nitrogens with two attached hydrogens (primary N) is 1. The second-order valence-corrected chi connectivity index (χ2v) is 5.29. The molecule has 2 N–H and O–H groups in total.